The van der Waals surface area contributed by atoms with Crippen LogP contribution in [0.1, 0.15) is 10.5 Å². The lowest BCUT2D eigenvalue weighted by Crippen LogP contribution is -2.36. The van der Waals surface area contributed by atoms with Gasteiger partial charge in [0.1, 0.15) is 5.69 Å². The quantitative estimate of drug-likeness (QED) is 0.842. The average Bonchev–Trinajstić information content (AvgIpc) is 2.30. The minimum atomic E-state index is -0.995. The van der Waals surface area contributed by atoms with Crippen molar-refractivity contribution in [2.24, 2.45) is 0 Å². The smallest absolute Gasteiger partial charge is 0.354 e. The van der Waals surface area contributed by atoms with Gasteiger partial charge in [-0.2, -0.15) is 0 Å². The fraction of sp³-hybridized carbons (Fsp3) is 0.400. The van der Waals surface area contributed by atoms with E-state index in [1.807, 2.05) is 6.07 Å². The number of anilines is 1. The predicted octanol–water partition coefficient (Wildman–Crippen LogP) is 1.04. The van der Waals surface area contributed by atoms with Crippen LogP contribution in [0.4, 0.5) is 5.69 Å². The van der Waals surface area contributed by atoms with Crippen molar-refractivity contribution in [3.8, 4) is 0 Å². The molecule has 0 spiro atoms. The zero-order chi connectivity index (χ0) is 10.7. The Hall–Kier alpha value is -1.33. The Morgan fingerprint density at radius 2 is 2.12 bits per heavy atom. The molecule has 1 fully saturated rings. The number of hydrogen-bond acceptors (Lipinski definition) is 4. The standard InChI is InChI=1S/C10H12N2O3.ClH/c13-10(14)9-7-8(1-2-11-9)12-3-5-15-6-4-12;/h1-2,7H,3-6H2,(H,13,14);1H. The van der Waals surface area contributed by atoms with E-state index in [-0.39, 0.29) is 18.1 Å². The van der Waals surface area contributed by atoms with Crippen LogP contribution in [0.15, 0.2) is 18.3 Å². The molecule has 1 saturated heterocycles. The van der Waals surface area contributed by atoms with Gasteiger partial charge in [0, 0.05) is 25.0 Å². The molecule has 0 bridgehead atoms. The number of aromatic nitrogens is 1. The number of pyridine rings is 1. The number of nitrogens with zero attached hydrogens (tertiary/aromatic N) is 2. The lowest BCUT2D eigenvalue weighted by molar-refractivity contribution is 0.0690. The first-order valence-electron chi connectivity index (χ1n) is 4.79. The molecule has 6 heteroatoms. The molecule has 0 atom stereocenters. The summed E-state index contributed by atoms with van der Waals surface area (Å²) < 4.78 is 5.23. The Morgan fingerprint density at radius 3 is 2.75 bits per heavy atom. The maximum atomic E-state index is 10.7. The van der Waals surface area contributed by atoms with Gasteiger partial charge in [-0.25, -0.2) is 9.78 Å². The van der Waals surface area contributed by atoms with E-state index < -0.39 is 5.97 Å². The maximum Gasteiger partial charge on any atom is 0.354 e. The molecule has 1 aromatic rings. The second kappa shape index (κ2) is 5.67. The third-order valence-corrected chi connectivity index (χ3v) is 2.34. The van der Waals surface area contributed by atoms with Crippen LogP contribution in [0.25, 0.3) is 0 Å². The van der Waals surface area contributed by atoms with Crippen molar-refractivity contribution >= 4 is 24.1 Å². The van der Waals surface area contributed by atoms with E-state index >= 15 is 0 Å². The van der Waals surface area contributed by atoms with Gasteiger partial charge in [0.25, 0.3) is 0 Å². The van der Waals surface area contributed by atoms with E-state index in [2.05, 4.69) is 9.88 Å². The van der Waals surface area contributed by atoms with Gasteiger partial charge in [0.15, 0.2) is 0 Å². The number of rotatable bonds is 2. The fourth-order valence-electron chi connectivity index (χ4n) is 1.55. The molecule has 0 amide bonds. The number of morpholine rings is 1. The summed E-state index contributed by atoms with van der Waals surface area (Å²) in [6.07, 6.45) is 1.52. The van der Waals surface area contributed by atoms with Crippen molar-refractivity contribution in [1.82, 2.24) is 4.98 Å². The molecule has 0 radical (unpaired) electrons. The Balaban J connectivity index is 0.00000128. The topological polar surface area (TPSA) is 62.7 Å². The van der Waals surface area contributed by atoms with Gasteiger partial charge in [-0.15, -0.1) is 12.4 Å². The second-order valence-electron chi connectivity index (χ2n) is 3.30. The van der Waals surface area contributed by atoms with Gasteiger partial charge in [0.2, 0.25) is 0 Å². The van der Waals surface area contributed by atoms with E-state index in [9.17, 15) is 4.79 Å². The Labute approximate surface area is 99.5 Å². The Morgan fingerprint density at radius 1 is 1.44 bits per heavy atom. The zero-order valence-electron chi connectivity index (χ0n) is 8.63. The molecule has 16 heavy (non-hydrogen) atoms. The predicted molar refractivity (Wildman–Crippen MR) is 61.5 cm³/mol. The van der Waals surface area contributed by atoms with E-state index in [0.29, 0.717) is 13.2 Å². The molecule has 0 aromatic carbocycles. The third-order valence-electron chi connectivity index (χ3n) is 2.34. The molecular formula is C10H13ClN2O3. The summed E-state index contributed by atoms with van der Waals surface area (Å²) in [7, 11) is 0. The molecule has 0 unspecified atom stereocenters. The number of hydrogen-bond donors (Lipinski definition) is 1. The highest BCUT2D eigenvalue weighted by Gasteiger charge is 2.13. The van der Waals surface area contributed by atoms with Gasteiger partial charge < -0.3 is 14.7 Å². The first kappa shape index (κ1) is 12.7. The number of carboxylic acid groups (broad SMARTS) is 1. The monoisotopic (exact) mass is 244 g/mol. The highest BCUT2D eigenvalue weighted by molar-refractivity contribution is 5.86. The number of halogens is 1. The minimum absolute atomic E-state index is 0. The molecule has 88 valence electrons. The number of carbonyl (C=O) groups is 1. The molecular weight excluding hydrogens is 232 g/mol. The van der Waals surface area contributed by atoms with Crippen molar-refractivity contribution in [1.29, 1.82) is 0 Å². The van der Waals surface area contributed by atoms with Crippen LogP contribution in [0.5, 0.6) is 0 Å². The highest BCUT2D eigenvalue weighted by atomic mass is 35.5. The Bertz CT molecular complexity index is 367. The first-order valence-corrected chi connectivity index (χ1v) is 4.79. The highest BCUT2D eigenvalue weighted by Crippen LogP contribution is 2.15. The normalized spacial score (nSPS) is 15.4. The van der Waals surface area contributed by atoms with E-state index in [1.165, 1.54) is 6.20 Å². The van der Waals surface area contributed by atoms with Crippen molar-refractivity contribution < 1.29 is 14.6 Å². The average molecular weight is 245 g/mol. The van der Waals surface area contributed by atoms with Crippen LogP contribution in [-0.4, -0.2) is 42.4 Å². The van der Waals surface area contributed by atoms with Crippen LogP contribution < -0.4 is 4.90 Å². The maximum absolute atomic E-state index is 10.7. The zero-order valence-corrected chi connectivity index (χ0v) is 9.44. The van der Waals surface area contributed by atoms with E-state index in [0.717, 1.165) is 18.8 Å². The number of aromatic carboxylic acids is 1. The molecule has 1 aromatic heterocycles. The van der Waals surface area contributed by atoms with Gasteiger partial charge >= 0.3 is 5.97 Å². The SMILES string of the molecule is Cl.O=C(O)c1cc(N2CCOCC2)ccn1. The lowest BCUT2D eigenvalue weighted by atomic mass is 10.2. The van der Waals surface area contributed by atoms with Gasteiger partial charge in [-0.05, 0) is 12.1 Å². The largest absolute Gasteiger partial charge is 0.477 e. The minimum Gasteiger partial charge on any atom is -0.477 e. The number of carboxylic acids is 1. The summed E-state index contributed by atoms with van der Waals surface area (Å²) in [5, 5.41) is 8.80. The molecule has 5 nitrogen and oxygen atoms in total. The Kier molecular flexibility index (Phi) is 4.52. The fourth-order valence-corrected chi connectivity index (χ4v) is 1.55. The summed E-state index contributed by atoms with van der Waals surface area (Å²) in [6, 6.07) is 3.41. The van der Waals surface area contributed by atoms with Crippen LogP contribution >= 0.6 is 12.4 Å². The summed E-state index contributed by atoms with van der Waals surface area (Å²) in [5.74, 6) is -0.995. The molecule has 1 aliphatic rings. The summed E-state index contributed by atoms with van der Waals surface area (Å²) >= 11 is 0. The third kappa shape index (κ3) is 2.84. The van der Waals surface area contributed by atoms with Crippen LogP contribution in [0.2, 0.25) is 0 Å². The molecule has 2 heterocycles. The summed E-state index contributed by atoms with van der Waals surface area (Å²) in [4.78, 5) is 16.6. The molecule has 0 saturated carbocycles. The van der Waals surface area contributed by atoms with Gasteiger partial charge in [0.05, 0.1) is 13.2 Å². The molecule has 0 aliphatic carbocycles. The van der Waals surface area contributed by atoms with Crippen molar-refractivity contribution in [2.75, 3.05) is 31.2 Å². The van der Waals surface area contributed by atoms with Crippen LogP contribution in [-0.2, 0) is 4.74 Å². The second-order valence-corrected chi connectivity index (χ2v) is 3.30. The van der Waals surface area contributed by atoms with Crippen molar-refractivity contribution in [3.05, 3.63) is 24.0 Å². The molecule has 1 N–H and O–H groups in total. The van der Waals surface area contributed by atoms with Gasteiger partial charge in [-0.3, -0.25) is 0 Å². The molecule has 1 aliphatic heterocycles. The lowest BCUT2D eigenvalue weighted by Gasteiger charge is -2.28. The van der Waals surface area contributed by atoms with Crippen LogP contribution in [0, 0.1) is 0 Å². The van der Waals surface area contributed by atoms with E-state index in [4.69, 9.17) is 9.84 Å². The van der Waals surface area contributed by atoms with Crippen molar-refractivity contribution in [2.45, 2.75) is 0 Å². The van der Waals surface area contributed by atoms with Crippen LogP contribution in [0.3, 0.4) is 0 Å². The first-order chi connectivity index (χ1) is 7.27. The molecule has 2 rings (SSSR count). The van der Waals surface area contributed by atoms with Gasteiger partial charge in [-0.1, -0.05) is 0 Å². The van der Waals surface area contributed by atoms with Crippen molar-refractivity contribution in [3.63, 3.8) is 0 Å². The number of ether oxygens (including phenoxy) is 1. The summed E-state index contributed by atoms with van der Waals surface area (Å²) in [6.45, 7) is 2.96. The van der Waals surface area contributed by atoms with E-state index in [1.54, 1.807) is 6.07 Å². The summed E-state index contributed by atoms with van der Waals surface area (Å²) in [5.41, 5.74) is 0.977.